The summed E-state index contributed by atoms with van der Waals surface area (Å²) in [6, 6.07) is 1.72. The fraction of sp³-hybridized carbons (Fsp3) is 0.467. The van der Waals surface area contributed by atoms with E-state index in [9.17, 15) is 23.1 Å². The van der Waals surface area contributed by atoms with E-state index in [1.807, 2.05) is 0 Å². The van der Waals surface area contributed by atoms with E-state index >= 15 is 0 Å². The van der Waals surface area contributed by atoms with Crippen LogP contribution in [-0.2, 0) is 11.8 Å². The minimum absolute atomic E-state index is 0.0532. The van der Waals surface area contributed by atoms with Crippen molar-refractivity contribution in [3.63, 3.8) is 0 Å². The monoisotopic (exact) mass is 341 g/mol. The number of aromatic amines is 1. The molecule has 4 N–H and O–H groups in total. The van der Waals surface area contributed by atoms with Crippen LogP contribution in [0.4, 0.5) is 18.0 Å². The molecule has 1 heterocycles. The number of hydrogen-bond acceptors (Lipinski definition) is 3. The highest BCUT2D eigenvalue weighted by Crippen LogP contribution is 2.60. The Hall–Kier alpha value is -2.29. The number of halogens is 3. The summed E-state index contributed by atoms with van der Waals surface area (Å²) in [5.74, 6) is -0.106. The fourth-order valence-corrected chi connectivity index (χ4v) is 4.04. The van der Waals surface area contributed by atoms with E-state index in [0.717, 1.165) is 12.1 Å². The molecular weight excluding hydrogens is 327 g/mol. The van der Waals surface area contributed by atoms with Gasteiger partial charge in [-0.2, -0.15) is 18.3 Å². The van der Waals surface area contributed by atoms with Crippen molar-refractivity contribution in [2.24, 2.45) is 11.8 Å². The van der Waals surface area contributed by atoms with Crippen molar-refractivity contribution in [1.29, 1.82) is 0 Å². The molecule has 2 aliphatic carbocycles. The normalized spacial score (nSPS) is 31.9. The Kier molecular flexibility index (Phi) is 2.94. The van der Waals surface area contributed by atoms with Gasteiger partial charge in [0.05, 0.1) is 22.9 Å². The number of fused-ring (bicyclic) bond motifs is 2. The molecule has 0 saturated heterocycles. The number of amides is 1. The third-order valence-electron chi connectivity index (χ3n) is 5.16. The van der Waals surface area contributed by atoms with Gasteiger partial charge in [0.1, 0.15) is 0 Å². The van der Waals surface area contributed by atoms with Gasteiger partial charge in [0.25, 0.3) is 0 Å². The van der Waals surface area contributed by atoms with Gasteiger partial charge in [-0.1, -0.05) is 0 Å². The highest BCUT2D eigenvalue weighted by molar-refractivity contribution is 5.83. The van der Waals surface area contributed by atoms with E-state index in [0.29, 0.717) is 5.39 Å². The van der Waals surface area contributed by atoms with E-state index in [1.165, 1.54) is 6.20 Å². The number of benzene rings is 1. The Morgan fingerprint density at radius 3 is 2.58 bits per heavy atom. The summed E-state index contributed by atoms with van der Waals surface area (Å²) in [6.07, 6.45) is -3.80. The molecule has 0 aliphatic heterocycles. The van der Waals surface area contributed by atoms with Crippen LogP contribution in [0.1, 0.15) is 24.0 Å². The first-order chi connectivity index (χ1) is 11.2. The van der Waals surface area contributed by atoms with Gasteiger partial charge in [0.2, 0.25) is 0 Å². The molecule has 0 spiro atoms. The fourth-order valence-electron chi connectivity index (χ4n) is 4.04. The predicted octanol–water partition coefficient (Wildman–Crippen LogP) is 2.45. The van der Waals surface area contributed by atoms with Gasteiger partial charge in [-0.05, 0) is 42.4 Å². The number of alkyl halides is 3. The molecule has 0 bridgehead atoms. The van der Waals surface area contributed by atoms with E-state index in [-0.39, 0.29) is 41.8 Å². The number of H-pyrrole nitrogens is 1. The van der Waals surface area contributed by atoms with Gasteiger partial charge in [0, 0.05) is 11.4 Å². The second-order valence-corrected chi connectivity index (χ2v) is 6.60. The quantitative estimate of drug-likeness (QED) is 0.674. The number of carboxylic acid groups (broad SMARTS) is 1. The van der Waals surface area contributed by atoms with Crippen LogP contribution >= 0.6 is 0 Å². The van der Waals surface area contributed by atoms with Crippen molar-refractivity contribution < 1.29 is 28.2 Å². The first-order valence-electron chi connectivity index (χ1n) is 7.46. The Labute approximate surface area is 133 Å². The average Bonchev–Trinajstić information content (AvgIpc) is 2.89. The van der Waals surface area contributed by atoms with Crippen LogP contribution in [0, 0.1) is 11.8 Å². The second kappa shape index (κ2) is 4.62. The Bertz CT molecular complexity index is 820. The van der Waals surface area contributed by atoms with Crippen molar-refractivity contribution >= 4 is 17.0 Å². The van der Waals surface area contributed by atoms with Crippen LogP contribution in [0.2, 0.25) is 0 Å². The van der Waals surface area contributed by atoms with E-state index in [4.69, 9.17) is 5.11 Å². The minimum atomic E-state index is -4.53. The van der Waals surface area contributed by atoms with Gasteiger partial charge < -0.3 is 15.5 Å². The van der Waals surface area contributed by atoms with Crippen molar-refractivity contribution in [2.75, 3.05) is 0 Å². The van der Waals surface area contributed by atoms with Gasteiger partial charge in [-0.25, -0.2) is 4.79 Å². The molecule has 1 aromatic heterocycles. The summed E-state index contributed by atoms with van der Waals surface area (Å²) in [5, 5.41) is 28.8. The summed E-state index contributed by atoms with van der Waals surface area (Å²) < 4.78 is 39.3. The van der Waals surface area contributed by atoms with E-state index < -0.39 is 23.4 Å². The standard InChI is InChI=1S/C15H14F3N3O3/c16-15(17,18)6-1-10(9-5-19-21-11(9)2-6)14(24)3-7-8(4-14)12(7)20-13(22)23/h1-2,5,7-8,12,20,24H,3-4H2,(H,19,21)(H,22,23)/t7-,8+,12?,14?. The number of nitrogens with one attached hydrogen (secondary N) is 2. The van der Waals surface area contributed by atoms with Crippen LogP contribution in [0.25, 0.3) is 10.9 Å². The molecule has 2 aliphatic rings. The Morgan fingerprint density at radius 2 is 2.00 bits per heavy atom. The lowest BCUT2D eigenvalue weighted by atomic mass is 9.85. The van der Waals surface area contributed by atoms with E-state index in [1.54, 1.807) is 0 Å². The number of aliphatic hydroxyl groups is 1. The molecule has 6 nitrogen and oxygen atoms in total. The van der Waals surface area contributed by atoms with Gasteiger partial charge >= 0.3 is 12.3 Å². The molecule has 0 radical (unpaired) electrons. The molecule has 2 unspecified atom stereocenters. The highest BCUT2D eigenvalue weighted by atomic mass is 19.4. The number of hydrogen-bond donors (Lipinski definition) is 4. The zero-order chi connectivity index (χ0) is 17.3. The molecule has 2 saturated carbocycles. The number of nitrogens with zero attached hydrogens (tertiary/aromatic N) is 1. The number of aromatic nitrogens is 2. The summed E-state index contributed by atoms with van der Waals surface area (Å²) in [4.78, 5) is 10.7. The molecule has 4 atom stereocenters. The van der Waals surface area contributed by atoms with Crippen molar-refractivity contribution in [3.05, 3.63) is 29.5 Å². The molecule has 24 heavy (non-hydrogen) atoms. The average molecular weight is 341 g/mol. The lowest BCUT2D eigenvalue weighted by molar-refractivity contribution is -0.137. The molecule has 2 fully saturated rings. The lowest BCUT2D eigenvalue weighted by Crippen LogP contribution is -2.32. The summed E-state index contributed by atoms with van der Waals surface area (Å²) >= 11 is 0. The zero-order valence-electron chi connectivity index (χ0n) is 12.3. The Morgan fingerprint density at radius 1 is 1.33 bits per heavy atom. The predicted molar refractivity (Wildman–Crippen MR) is 76.2 cm³/mol. The van der Waals surface area contributed by atoms with Crippen LogP contribution in [0.15, 0.2) is 18.3 Å². The number of rotatable bonds is 2. The van der Waals surface area contributed by atoms with Crippen molar-refractivity contribution in [2.45, 2.75) is 30.7 Å². The summed E-state index contributed by atoms with van der Waals surface area (Å²) in [5.41, 5.74) is -1.84. The molecule has 9 heteroatoms. The van der Waals surface area contributed by atoms with E-state index in [2.05, 4.69) is 15.5 Å². The van der Waals surface area contributed by atoms with Crippen molar-refractivity contribution in [3.8, 4) is 0 Å². The maximum atomic E-state index is 13.1. The summed E-state index contributed by atoms with van der Waals surface area (Å²) in [6.45, 7) is 0. The second-order valence-electron chi connectivity index (χ2n) is 6.60. The highest BCUT2D eigenvalue weighted by Gasteiger charge is 2.62. The third-order valence-corrected chi connectivity index (χ3v) is 5.16. The van der Waals surface area contributed by atoms with Gasteiger partial charge in [-0.3, -0.25) is 5.10 Å². The van der Waals surface area contributed by atoms with Crippen LogP contribution in [-0.4, -0.2) is 32.5 Å². The smallest absolute Gasteiger partial charge is 0.416 e. The van der Waals surface area contributed by atoms with Crippen LogP contribution in [0.3, 0.4) is 0 Å². The molecule has 128 valence electrons. The molecule has 4 rings (SSSR count). The largest absolute Gasteiger partial charge is 0.465 e. The van der Waals surface area contributed by atoms with Crippen LogP contribution in [0.5, 0.6) is 0 Å². The topological polar surface area (TPSA) is 98.2 Å². The molecule has 1 amide bonds. The molecular formula is C15H14F3N3O3. The minimum Gasteiger partial charge on any atom is -0.465 e. The Balaban J connectivity index is 1.70. The summed E-state index contributed by atoms with van der Waals surface area (Å²) in [7, 11) is 0. The first kappa shape index (κ1) is 15.3. The van der Waals surface area contributed by atoms with Gasteiger partial charge in [-0.15, -0.1) is 0 Å². The zero-order valence-corrected chi connectivity index (χ0v) is 12.3. The first-order valence-corrected chi connectivity index (χ1v) is 7.46. The number of carbonyl (C=O) groups is 1. The maximum Gasteiger partial charge on any atom is 0.416 e. The van der Waals surface area contributed by atoms with Crippen LogP contribution < -0.4 is 5.32 Å². The third kappa shape index (κ3) is 2.22. The SMILES string of the molecule is O=C(O)NC1[C@H]2CC(O)(c3cc(C(F)(F)F)cc4[nH]ncc34)C[C@@H]12. The maximum absolute atomic E-state index is 13.1. The molecule has 1 aromatic carbocycles. The van der Waals surface area contributed by atoms with Gasteiger partial charge in [0.15, 0.2) is 0 Å². The van der Waals surface area contributed by atoms with Crippen molar-refractivity contribution in [1.82, 2.24) is 15.5 Å². The molecule has 2 aromatic rings. The lowest BCUT2D eigenvalue weighted by Gasteiger charge is -2.28.